The Morgan fingerprint density at radius 3 is 3.11 bits per heavy atom. The van der Waals surface area contributed by atoms with E-state index in [4.69, 9.17) is 4.98 Å². The van der Waals surface area contributed by atoms with Crippen molar-refractivity contribution in [2.24, 2.45) is 0 Å². The van der Waals surface area contributed by atoms with Crippen molar-refractivity contribution in [3.05, 3.63) is 22.9 Å². The summed E-state index contributed by atoms with van der Waals surface area (Å²) in [6.45, 7) is 2.20. The molecule has 4 heteroatoms. The SMILES string of the molecule is CN1CCCC(Nc2nc3c(cc2C#N)CCC3)C1. The zero-order valence-corrected chi connectivity index (χ0v) is 11.4. The summed E-state index contributed by atoms with van der Waals surface area (Å²) >= 11 is 0. The van der Waals surface area contributed by atoms with E-state index in [0.29, 0.717) is 11.6 Å². The van der Waals surface area contributed by atoms with Gasteiger partial charge in [-0.05, 0) is 57.3 Å². The molecule has 1 aromatic rings. The van der Waals surface area contributed by atoms with Gasteiger partial charge in [-0.15, -0.1) is 0 Å². The minimum atomic E-state index is 0.415. The fourth-order valence-corrected chi connectivity index (χ4v) is 3.14. The first-order chi connectivity index (χ1) is 9.26. The molecule has 1 aliphatic carbocycles. The van der Waals surface area contributed by atoms with Crippen molar-refractivity contribution >= 4 is 5.82 Å². The van der Waals surface area contributed by atoms with Gasteiger partial charge in [-0.1, -0.05) is 0 Å². The van der Waals surface area contributed by atoms with Crippen LogP contribution >= 0.6 is 0 Å². The number of aromatic nitrogens is 1. The Morgan fingerprint density at radius 2 is 2.32 bits per heavy atom. The van der Waals surface area contributed by atoms with Gasteiger partial charge in [-0.25, -0.2) is 4.98 Å². The number of nitrogens with one attached hydrogen (secondary N) is 1. The van der Waals surface area contributed by atoms with Crippen molar-refractivity contribution in [2.45, 2.75) is 38.1 Å². The van der Waals surface area contributed by atoms with Crippen LogP contribution in [0.4, 0.5) is 5.82 Å². The summed E-state index contributed by atoms with van der Waals surface area (Å²) in [5.74, 6) is 0.795. The first kappa shape index (κ1) is 12.4. The van der Waals surface area contributed by atoms with E-state index in [1.165, 1.54) is 30.6 Å². The van der Waals surface area contributed by atoms with Gasteiger partial charge >= 0.3 is 0 Å². The molecule has 19 heavy (non-hydrogen) atoms. The molecule has 1 aliphatic heterocycles. The molecule has 0 aromatic carbocycles. The lowest BCUT2D eigenvalue weighted by atomic mass is 10.1. The summed E-state index contributed by atoms with van der Waals surface area (Å²) in [7, 11) is 2.15. The maximum atomic E-state index is 9.29. The minimum Gasteiger partial charge on any atom is -0.365 e. The zero-order valence-electron chi connectivity index (χ0n) is 11.4. The van der Waals surface area contributed by atoms with E-state index in [2.05, 4.69) is 23.3 Å². The van der Waals surface area contributed by atoms with E-state index < -0.39 is 0 Å². The van der Waals surface area contributed by atoms with E-state index in [0.717, 1.165) is 31.6 Å². The van der Waals surface area contributed by atoms with Gasteiger partial charge in [-0.2, -0.15) is 5.26 Å². The Bertz CT molecular complexity index is 518. The topological polar surface area (TPSA) is 52.0 Å². The summed E-state index contributed by atoms with van der Waals surface area (Å²) in [4.78, 5) is 7.02. The molecule has 1 fully saturated rings. The monoisotopic (exact) mass is 256 g/mol. The van der Waals surface area contributed by atoms with Crippen molar-refractivity contribution in [1.29, 1.82) is 5.26 Å². The van der Waals surface area contributed by atoms with Gasteiger partial charge in [0.25, 0.3) is 0 Å². The van der Waals surface area contributed by atoms with Crippen molar-refractivity contribution in [1.82, 2.24) is 9.88 Å². The Kier molecular flexibility index (Phi) is 3.39. The number of likely N-dealkylation sites (tertiary alicyclic amines) is 1. The van der Waals surface area contributed by atoms with E-state index >= 15 is 0 Å². The lowest BCUT2D eigenvalue weighted by molar-refractivity contribution is 0.260. The molecular weight excluding hydrogens is 236 g/mol. The minimum absolute atomic E-state index is 0.415. The fourth-order valence-electron chi connectivity index (χ4n) is 3.14. The van der Waals surface area contributed by atoms with Gasteiger partial charge < -0.3 is 10.2 Å². The van der Waals surface area contributed by atoms with E-state index in [9.17, 15) is 5.26 Å². The predicted octanol–water partition coefficient (Wildman–Crippen LogP) is 1.95. The van der Waals surface area contributed by atoms with Gasteiger partial charge in [0.2, 0.25) is 0 Å². The Labute approximate surface area is 114 Å². The molecule has 1 N–H and O–H groups in total. The molecule has 1 aromatic heterocycles. The number of nitrogens with zero attached hydrogens (tertiary/aromatic N) is 3. The molecule has 2 heterocycles. The molecule has 2 aliphatic rings. The first-order valence-corrected chi connectivity index (χ1v) is 7.14. The molecule has 0 saturated carbocycles. The molecule has 100 valence electrons. The van der Waals surface area contributed by atoms with Crippen LogP contribution in [0.15, 0.2) is 6.07 Å². The molecule has 0 bridgehead atoms. The highest BCUT2D eigenvalue weighted by molar-refractivity contribution is 5.55. The second-order valence-corrected chi connectivity index (χ2v) is 5.70. The number of nitriles is 1. The largest absolute Gasteiger partial charge is 0.365 e. The second-order valence-electron chi connectivity index (χ2n) is 5.70. The number of aryl methyl sites for hydroxylation is 2. The van der Waals surface area contributed by atoms with Crippen LogP contribution in [0, 0.1) is 11.3 Å². The normalized spacial score (nSPS) is 22.8. The quantitative estimate of drug-likeness (QED) is 0.878. The number of pyridine rings is 1. The Morgan fingerprint density at radius 1 is 1.42 bits per heavy atom. The summed E-state index contributed by atoms with van der Waals surface area (Å²) in [5, 5.41) is 12.8. The van der Waals surface area contributed by atoms with Gasteiger partial charge in [0, 0.05) is 18.3 Å². The zero-order chi connectivity index (χ0) is 13.2. The van der Waals surface area contributed by atoms with Crippen molar-refractivity contribution in [3.8, 4) is 6.07 Å². The van der Waals surface area contributed by atoms with Crippen LogP contribution in [0.2, 0.25) is 0 Å². The number of fused-ring (bicyclic) bond motifs is 1. The summed E-state index contributed by atoms with van der Waals surface area (Å²) in [6, 6.07) is 4.73. The maximum Gasteiger partial charge on any atom is 0.144 e. The lowest BCUT2D eigenvalue weighted by Crippen LogP contribution is -2.40. The predicted molar refractivity (Wildman–Crippen MR) is 75.1 cm³/mol. The fraction of sp³-hybridized carbons (Fsp3) is 0.600. The van der Waals surface area contributed by atoms with Crippen LogP contribution in [0.5, 0.6) is 0 Å². The smallest absolute Gasteiger partial charge is 0.144 e. The Hall–Kier alpha value is -1.60. The van der Waals surface area contributed by atoms with Gasteiger partial charge in [0.05, 0.1) is 5.56 Å². The number of anilines is 1. The van der Waals surface area contributed by atoms with Crippen LogP contribution in [-0.2, 0) is 12.8 Å². The highest BCUT2D eigenvalue weighted by atomic mass is 15.2. The summed E-state index contributed by atoms with van der Waals surface area (Å²) in [6.07, 6.45) is 5.67. The van der Waals surface area contributed by atoms with Gasteiger partial charge in [0.1, 0.15) is 11.9 Å². The molecule has 3 rings (SSSR count). The van der Waals surface area contributed by atoms with Crippen LogP contribution in [0.3, 0.4) is 0 Å². The van der Waals surface area contributed by atoms with Gasteiger partial charge in [-0.3, -0.25) is 0 Å². The molecule has 1 atom stereocenters. The maximum absolute atomic E-state index is 9.29. The number of rotatable bonds is 2. The number of likely N-dealkylation sites (N-methyl/N-ethyl adjacent to an activating group) is 1. The molecule has 0 radical (unpaired) electrons. The lowest BCUT2D eigenvalue weighted by Gasteiger charge is -2.30. The summed E-state index contributed by atoms with van der Waals surface area (Å²) in [5.41, 5.74) is 3.16. The average molecular weight is 256 g/mol. The second kappa shape index (κ2) is 5.18. The third kappa shape index (κ3) is 2.57. The standard InChI is InChI=1S/C15H20N4/c1-19-7-3-5-13(10-19)17-15-12(9-16)8-11-4-2-6-14(11)18-15/h8,13H,2-7,10H2,1H3,(H,17,18). The third-order valence-corrected chi connectivity index (χ3v) is 4.14. The molecule has 0 spiro atoms. The number of hydrogen-bond donors (Lipinski definition) is 1. The molecule has 1 unspecified atom stereocenters. The van der Waals surface area contributed by atoms with E-state index in [1.54, 1.807) is 0 Å². The number of hydrogen-bond acceptors (Lipinski definition) is 4. The van der Waals surface area contributed by atoms with Crippen molar-refractivity contribution < 1.29 is 0 Å². The highest BCUT2D eigenvalue weighted by Gasteiger charge is 2.21. The molecular formula is C15H20N4. The van der Waals surface area contributed by atoms with E-state index in [1.807, 2.05) is 6.07 Å². The molecule has 4 nitrogen and oxygen atoms in total. The first-order valence-electron chi connectivity index (χ1n) is 7.14. The average Bonchev–Trinajstić information content (AvgIpc) is 2.85. The highest BCUT2D eigenvalue weighted by Crippen LogP contribution is 2.26. The van der Waals surface area contributed by atoms with Crippen LogP contribution < -0.4 is 5.32 Å². The van der Waals surface area contributed by atoms with Gasteiger partial charge in [0.15, 0.2) is 0 Å². The van der Waals surface area contributed by atoms with Crippen LogP contribution in [0.25, 0.3) is 0 Å². The molecule has 0 amide bonds. The number of piperidine rings is 1. The van der Waals surface area contributed by atoms with E-state index in [-0.39, 0.29) is 0 Å². The Balaban J connectivity index is 1.82. The van der Waals surface area contributed by atoms with Crippen LogP contribution in [0.1, 0.15) is 36.1 Å². The summed E-state index contributed by atoms with van der Waals surface area (Å²) < 4.78 is 0. The van der Waals surface area contributed by atoms with Crippen LogP contribution in [-0.4, -0.2) is 36.1 Å². The van der Waals surface area contributed by atoms with Crippen molar-refractivity contribution in [3.63, 3.8) is 0 Å². The third-order valence-electron chi connectivity index (χ3n) is 4.14. The van der Waals surface area contributed by atoms with Crippen molar-refractivity contribution in [2.75, 3.05) is 25.5 Å². The molecule has 1 saturated heterocycles.